The second kappa shape index (κ2) is 5.03. The SMILES string of the molecule is O=C(Nc1cncnc1)C1CCC(O)CC1. The van der Waals surface area contributed by atoms with Crippen molar-refractivity contribution in [1.29, 1.82) is 0 Å². The van der Waals surface area contributed by atoms with Crippen molar-refractivity contribution < 1.29 is 9.90 Å². The van der Waals surface area contributed by atoms with Crippen LogP contribution in [0.15, 0.2) is 18.7 Å². The van der Waals surface area contributed by atoms with Gasteiger partial charge in [-0.3, -0.25) is 4.79 Å². The molecule has 0 aromatic carbocycles. The first-order valence-corrected chi connectivity index (χ1v) is 5.49. The van der Waals surface area contributed by atoms with Gasteiger partial charge in [0, 0.05) is 5.92 Å². The highest BCUT2D eigenvalue weighted by atomic mass is 16.3. The number of aromatic nitrogens is 2. The average molecular weight is 221 g/mol. The number of aliphatic hydroxyl groups excluding tert-OH is 1. The molecule has 1 amide bonds. The summed E-state index contributed by atoms with van der Waals surface area (Å²) in [5.41, 5.74) is 0.624. The standard InChI is InChI=1S/C11H15N3O2/c15-10-3-1-8(2-4-10)11(16)14-9-5-12-7-13-6-9/h5-8,10,15H,1-4H2,(H,14,16). The first kappa shape index (κ1) is 11.0. The van der Waals surface area contributed by atoms with Gasteiger partial charge >= 0.3 is 0 Å². The minimum absolute atomic E-state index is 0.00157. The zero-order valence-electron chi connectivity index (χ0n) is 8.97. The van der Waals surface area contributed by atoms with Crippen LogP contribution in [0.3, 0.4) is 0 Å². The minimum Gasteiger partial charge on any atom is -0.393 e. The van der Waals surface area contributed by atoms with E-state index in [1.165, 1.54) is 6.33 Å². The lowest BCUT2D eigenvalue weighted by atomic mass is 9.87. The highest BCUT2D eigenvalue weighted by Gasteiger charge is 2.25. The third-order valence-electron chi connectivity index (χ3n) is 2.90. The van der Waals surface area contributed by atoms with Crippen LogP contribution in [0.5, 0.6) is 0 Å². The molecule has 1 fully saturated rings. The quantitative estimate of drug-likeness (QED) is 0.780. The van der Waals surface area contributed by atoms with Crippen LogP contribution in [-0.4, -0.2) is 27.1 Å². The van der Waals surface area contributed by atoms with Crippen molar-refractivity contribution >= 4 is 11.6 Å². The van der Waals surface area contributed by atoms with E-state index < -0.39 is 0 Å². The molecule has 0 spiro atoms. The number of hydrogen-bond acceptors (Lipinski definition) is 4. The van der Waals surface area contributed by atoms with E-state index >= 15 is 0 Å². The monoisotopic (exact) mass is 221 g/mol. The predicted octanol–water partition coefficient (Wildman–Crippen LogP) is 0.966. The molecular formula is C11H15N3O2. The van der Waals surface area contributed by atoms with Crippen molar-refractivity contribution in [2.45, 2.75) is 31.8 Å². The van der Waals surface area contributed by atoms with E-state index in [0.717, 1.165) is 12.8 Å². The van der Waals surface area contributed by atoms with Gasteiger partial charge in [0.15, 0.2) is 0 Å². The van der Waals surface area contributed by atoms with Crippen LogP contribution < -0.4 is 5.32 Å². The van der Waals surface area contributed by atoms with Gasteiger partial charge in [0.05, 0.1) is 24.2 Å². The summed E-state index contributed by atoms with van der Waals surface area (Å²) in [6, 6.07) is 0. The Morgan fingerprint density at radius 2 is 1.88 bits per heavy atom. The van der Waals surface area contributed by atoms with E-state index in [9.17, 15) is 9.90 Å². The van der Waals surface area contributed by atoms with Crippen molar-refractivity contribution in [3.8, 4) is 0 Å². The summed E-state index contributed by atoms with van der Waals surface area (Å²) < 4.78 is 0. The molecule has 0 bridgehead atoms. The molecule has 2 rings (SSSR count). The van der Waals surface area contributed by atoms with Gasteiger partial charge in [-0.05, 0) is 25.7 Å². The molecule has 16 heavy (non-hydrogen) atoms. The molecule has 0 unspecified atom stereocenters. The molecule has 1 saturated carbocycles. The Morgan fingerprint density at radius 1 is 1.25 bits per heavy atom. The number of nitrogens with zero attached hydrogens (tertiary/aromatic N) is 2. The van der Waals surface area contributed by atoms with Gasteiger partial charge in [0.1, 0.15) is 6.33 Å². The molecule has 86 valence electrons. The summed E-state index contributed by atoms with van der Waals surface area (Å²) >= 11 is 0. The lowest BCUT2D eigenvalue weighted by molar-refractivity contribution is -0.121. The fraction of sp³-hybridized carbons (Fsp3) is 0.545. The van der Waals surface area contributed by atoms with Crippen LogP contribution in [0.25, 0.3) is 0 Å². The van der Waals surface area contributed by atoms with Crippen LogP contribution in [0.2, 0.25) is 0 Å². The van der Waals surface area contributed by atoms with E-state index in [-0.39, 0.29) is 17.9 Å². The van der Waals surface area contributed by atoms with Crippen LogP contribution >= 0.6 is 0 Å². The van der Waals surface area contributed by atoms with Gasteiger partial charge < -0.3 is 10.4 Å². The van der Waals surface area contributed by atoms with Crippen molar-refractivity contribution in [2.24, 2.45) is 5.92 Å². The summed E-state index contributed by atoms with van der Waals surface area (Å²) in [6.45, 7) is 0. The Morgan fingerprint density at radius 3 is 2.50 bits per heavy atom. The third kappa shape index (κ3) is 2.76. The molecule has 0 atom stereocenters. The highest BCUT2D eigenvalue weighted by molar-refractivity contribution is 5.92. The number of rotatable bonds is 2. The second-order valence-corrected chi connectivity index (χ2v) is 4.12. The van der Waals surface area contributed by atoms with Gasteiger partial charge in [-0.15, -0.1) is 0 Å². The normalized spacial score (nSPS) is 25.1. The number of carbonyl (C=O) groups is 1. The number of nitrogens with one attached hydrogen (secondary N) is 1. The zero-order valence-corrected chi connectivity index (χ0v) is 8.97. The molecule has 5 nitrogen and oxygen atoms in total. The maximum absolute atomic E-state index is 11.8. The summed E-state index contributed by atoms with van der Waals surface area (Å²) in [4.78, 5) is 19.5. The number of amides is 1. The molecule has 0 saturated heterocycles. The van der Waals surface area contributed by atoms with Crippen molar-refractivity contribution in [3.63, 3.8) is 0 Å². The van der Waals surface area contributed by atoms with Gasteiger partial charge in [0.2, 0.25) is 5.91 Å². The Bertz CT molecular complexity index is 348. The Kier molecular flexibility index (Phi) is 3.46. The molecular weight excluding hydrogens is 206 g/mol. The summed E-state index contributed by atoms with van der Waals surface area (Å²) in [6.07, 6.45) is 7.26. The van der Waals surface area contributed by atoms with Gasteiger partial charge in [-0.1, -0.05) is 0 Å². The summed E-state index contributed by atoms with van der Waals surface area (Å²) in [5.74, 6) is 0.00491. The number of carbonyl (C=O) groups excluding carboxylic acids is 1. The Balaban J connectivity index is 1.89. The first-order chi connectivity index (χ1) is 7.75. The lowest BCUT2D eigenvalue weighted by Gasteiger charge is -2.24. The molecule has 1 aliphatic carbocycles. The molecule has 0 aliphatic heterocycles. The first-order valence-electron chi connectivity index (χ1n) is 5.49. The van der Waals surface area contributed by atoms with Crippen LogP contribution in [0.1, 0.15) is 25.7 Å². The Hall–Kier alpha value is -1.49. The highest BCUT2D eigenvalue weighted by Crippen LogP contribution is 2.25. The second-order valence-electron chi connectivity index (χ2n) is 4.12. The van der Waals surface area contributed by atoms with E-state index in [1.54, 1.807) is 12.4 Å². The molecule has 1 aromatic heterocycles. The molecule has 5 heteroatoms. The summed E-state index contributed by atoms with van der Waals surface area (Å²) in [7, 11) is 0. The van der Waals surface area contributed by atoms with Crippen molar-refractivity contribution in [1.82, 2.24) is 9.97 Å². The topological polar surface area (TPSA) is 75.1 Å². The molecule has 1 heterocycles. The van der Waals surface area contributed by atoms with Gasteiger partial charge in [0.25, 0.3) is 0 Å². The average Bonchev–Trinajstić information content (AvgIpc) is 2.31. The zero-order chi connectivity index (χ0) is 11.4. The van der Waals surface area contributed by atoms with Crippen LogP contribution in [0, 0.1) is 5.92 Å². The van der Waals surface area contributed by atoms with E-state index in [0.29, 0.717) is 18.5 Å². The molecule has 1 aliphatic rings. The molecule has 1 aromatic rings. The minimum atomic E-state index is -0.232. The number of anilines is 1. The maximum atomic E-state index is 11.8. The largest absolute Gasteiger partial charge is 0.393 e. The third-order valence-corrected chi connectivity index (χ3v) is 2.90. The molecule has 2 N–H and O–H groups in total. The maximum Gasteiger partial charge on any atom is 0.227 e. The van der Waals surface area contributed by atoms with E-state index in [2.05, 4.69) is 15.3 Å². The van der Waals surface area contributed by atoms with Gasteiger partial charge in [-0.25, -0.2) is 9.97 Å². The predicted molar refractivity (Wildman–Crippen MR) is 58.6 cm³/mol. The van der Waals surface area contributed by atoms with Crippen LogP contribution in [0.4, 0.5) is 5.69 Å². The van der Waals surface area contributed by atoms with Crippen molar-refractivity contribution in [2.75, 3.05) is 5.32 Å². The van der Waals surface area contributed by atoms with Crippen molar-refractivity contribution in [3.05, 3.63) is 18.7 Å². The number of hydrogen-bond donors (Lipinski definition) is 2. The summed E-state index contributed by atoms with van der Waals surface area (Å²) in [5, 5.41) is 12.1. The Labute approximate surface area is 93.9 Å². The van der Waals surface area contributed by atoms with E-state index in [1.807, 2.05) is 0 Å². The smallest absolute Gasteiger partial charge is 0.227 e. The fourth-order valence-electron chi connectivity index (χ4n) is 1.95. The van der Waals surface area contributed by atoms with E-state index in [4.69, 9.17) is 0 Å². The van der Waals surface area contributed by atoms with Gasteiger partial charge in [-0.2, -0.15) is 0 Å². The van der Waals surface area contributed by atoms with Crippen LogP contribution in [-0.2, 0) is 4.79 Å². The number of aliphatic hydroxyl groups is 1. The lowest BCUT2D eigenvalue weighted by Crippen LogP contribution is -2.28. The fourth-order valence-corrected chi connectivity index (χ4v) is 1.95. The molecule has 0 radical (unpaired) electrons.